The van der Waals surface area contributed by atoms with Crippen molar-refractivity contribution in [3.8, 4) is 0 Å². The predicted molar refractivity (Wildman–Crippen MR) is 94.9 cm³/mol. The van der Waals surface area contributed by atoms with Gasteiger partial charge in [0.15, 0.2) is 0 Å². The first-order chi connectivity index (χ1) is 11.9. The first-order valence-electron chi connectivity index (χ1n) is 7.97. The van der Waals surface area contributed by atoms with Crippen molar-refractivity contribution in [1.82, 2.24) is 4.31 Å². The molecule has 1 aliphatic heterocycles. The van der Waals surface area contributed by atoms with E-state index < -0.39 is 22.0 Å². The Bertz CT molecular complexity index is 883. The molecule has 1 atom stereocenters. The highest BCUT2D eigenvalue weighted by molar-refractivity contribution is 7.89. The van der Waals surface area contributed by atoms with E-state index in [1.54, 1.807) is 37.3 Å². The maximum atomic E-state index is 13.1. The molecule has 0 N–H and O–H groups in total. The molecule has 0 amide bonds. The van der Waals surface area contributed by atoms with Gasteiger partial charge in [0.1, 0.15) is 6.04 Å². The Morgan fingerprint density at radius 1 is 1.24 bits per heavy atom. The minimum Gasteiger partial charge on any atom is -0.465 e. The number of benzene rings is 2. The van der Waals surface area contributed by atoms with E-state index in [9.17, 15) is 13.2 Å². The van der Waals surface area contributed by atoms with Crippen LogP contribution in [0.1, 0.15) is 24.1 Å². The predicted octanol–water partition coefficient (Wildman–Crippen LogP) is 3.19. The molecule has 5 nitrogen and oxygen atoms in total. The van der Waals surface area contributed by atoms with Gasteiger partial charge in [-0.2, -0.15) is 4.31 Å². The summed E-state index contributed by atoms with van der Waals surface area (Å²) in [5.41, 5.74) is 1.48. The van der Waals surface area contributed by atoms with Crippen molar-refractivity contribution >= 4 is 27.6 Å². The summed E-state index contributed by atoms with van der Waals surface area (Å²) < 4.78 is 32.5. The quantitative estimate of drug-likeness (QED) is 0.765. The van der Waals surface area contributed by atoms with Gasteiger partial charge in [0.25, 0.3) is 0 Å². The summed E-state index contributed by atoms with van der Waals surface area (Å²) in [6.45, 7) is 2.06. The van der Waals surface area contributed by atoms with E-state index in [4.69, 9.17) is 16.3 Å². The fourth-order valence-electron chi connectivity index (χ4n) is 3.02. The Labute approximate surface area is 152 Å². The zero-order chi connectivity index (χ0) is 18.0. The van der Waals surface area contributed by atoms with Crippen molar-refractivity contribution in [2.45, 2.75) is 24.3 Å². The van der Waals surface area contributed by atoms with Crippen LogP contribution in [0.25, 0.3) is 0 Å². The molecule has 25 heavy (non-hydrogen) atoms. The largest absolute Gasteiger partial charge is 0.465 e. The molecular formula is C18H18ClNO4S. The Morgan fingerprint density at radius 3 is 2.64 bits per heavy atom. The lowest BCUT2D eigenvalue weighted by atomic mass is 9.94. The molecule has 0 aromatic heterocycles. The molecule has 2 aromatic rings. The lowest BCUT2D eigenvalue weighted by Gasteiger charge is -2.34. The summed E-state index contributed by atoms with van der Waals surface area (Å²) in [5, 5.41) is 0.451. The Kier molecular flexibility index (Phi) is 5.13. The van der Waals surface area contributed by atoms with Crippen LogP contribution in [0.5, 0.6) is 0 Å². The zero-order valence-corrected chi connectivity index (χ0v) is 15.3. The van der Waals surface area contributed by atoms with Gasteiger partial charge in [-0.3, -0.25) is 0 Å². The summed E-state index contributed by atoms with van der Waals surface area (Å²) in [7, 11) is -3.84. The van der Waals surface area contributed by atoms with Gasteiger partial charge in [0, 0.05) is 11.6 Å². The minimum absolute atomic E-state index is 0.148. The van der Waals surface area contributed by atoms with Crippen LogP contribution in [0.2, 0.25) is 5.02 Å². The number of carbonyl (C=O) groups excluding carboxylic acids is 1. The molecule has 1 heterocycles. The average Bonchev–Trinajstić information content (AvgIpc) is 2.61. The first-order valence-corrected chi connectivity index (χ1v) is 9.79. The van der Waals surface area contributed by atoms with Crippen LogP contribution in [-0.2, 0) is 26.0 Å². The van der Waals surface area contributed by atoms with Crippen molar-refractivity contribution < 1.29 is 17.9 Å². The molecule has 0 saturated heterocycles. The summed E-state index contributed by atoms with van der Waals surface area (Å²) in [6, 6.07) is 12.3. The first kappa shape index (κ1) is 17.9. The number of fused-ring (bicyclic) bond motifs is 1. The third-order valence-electron chi connectivity index (χ3n) is 4.15. The minimum atomic E-state index is -3.84. The molecule has 0 aliphatic carbocycles. The summed E-state index contributed by atoms with van der Waals surface area (Å²) >= 11 is 6.08. The average molecular weight is 380 g/mol. The van der Waals surface area contributed by atoms with E-state index in [1.807, 2.05) is 6.07 Å². The van der Waals surface area contributed by atoms with Crippen molar-refractivity contribution in [3.63, 3.8) is 0 Å². The monoisotopic (exact) mass is 379 g/mol. The number of esters is 1. The van der Waals surface area contributed by atoms with Crippen LogP contribution in [0, 0.1) is 0 Å². The van der Waals surface area contributed by atoms with Crippen LogP contribution >= 0.6 is 11.6 Å². The van der Waals surface area contributed by atoms with Gasteiger partial charge in [0.2, 0.25) is 10.0 Å². The normalized spacial score (nSPS) is 17.8. The molecule has 0 fully saturated rings. The number of hydrogen-bond donors (Lipinski definition) is 0. The number of rotatable bonds is 4. The molecule has 0 bridgehead atoms. The van der Waals surface area contributed by atoms with Crippen molar-refractivity contribution in [2.75, 3.05) is 13.2 Å². The lowest BCUT2D eigenvalue weighted by molar-refractivity contribution is -0.148. The van der Waals surface area contributed by atoms with Crippen molar-refractivity contribution in [3.05, 3.63) is 64.7 Å². The molecule has 132 valence electrons. The molecule has 0 saturated carbocycles. The highest BCUT2D eigenvalue weighted by Gasteiger charge is 2.41. The van der Waals surface area contributed by atoms with Gasteiger partial charge in [-0.25, -0.2) is 13.2 Å². The standard InChI is InChI=1S/C18H18ClNO4S/c1-2-24-18(21)17-16-12-14(19)9-8-13(16)10-11-20(17)25(22,23)15-6-4-3-5-7-15/h3-9,12,17H,2,10-11H2,1H3. The van der Waals surface area contributed by atoms with Crippen molar-refractivity contribution in [1.29, 1.82) is 0 Å². The second-order valence-corrected chi connectivity index (χ2v) is 8.00. The number of hydrogen-bond acceptors (Lipinski definition) is 4. The van der Waals surface area contributed by atoms with E-state index >= 15 is 0 Å². The Balaban J connectivity index is 2.11. The highest BCUT2D eigenvalue weighted by atomic mass is 35.5. The molecule has 3 rings (SSSR count). The van der Waals surface area contributed by atoms with E-state index in [0.29, 0.717) is 17.0 Å². The van der Waals surface area contributed by atoms with Gasteiger partial charge in [0.05, 0.1) is 11.5 Å². The van der Waals surface area contributed by atoms with E-state index in [0.717, 1.165) is 5.56 Å². The summed E-state index contributed by atoms with van der Waals surface area (Å²) in [4.78, 5) is 12.7. The van der Waals surface area contributed by atoms with Gasteiger partial charge in [-0.15, -0.1) is 0 Å². The number of carbonyl (C=O) groups is 1. The lowest BCUT2D eigenvalue weighted by Crippen LogP contribution is -2.44. The molecule has 2 aromatic carbocycles. The topological polar surface area (TPSA) is 63.7 Å². The van der Waals surface area contributed by atoms with E-state index in [1.165, 1.54) is 16.4 Å². The van der Waals surface area contributed by atoms with Crippen LogP contribution in [0.15, 0.2) is 53.4 Å². The fraction of sp³-hybridized carbons (Fsp3) is 0.278. The van der Waals surface area contributed by atoms with Gasteiger partial charge in [-0.1, -0.05) is 35.9 Å². The Hall–Kier alpha value is -1.89. The highest BCUT2D eigenvalue weighted by Crippen LogP contribution is 2.36. The number of sulfonamides is 1. The van der Waals surface area contributed by atoms with Crippen molar-refractivity contribution in [2.24, 2.45) is 0 Å². The molecule has 0 radical (unpaired) electrons. The molecule has 1 unspecified atom stereocenters. The fourth-order valence-corrected chi connectivity index (χ4v) is 4.78. The SMILES string of the molecule is CCOC(=O)C1c2cc(Cl)ccc2CCN1S(=O)(=O)c1ccccc1. The molecule has 0 spiro atoms. The van der Waals surface area contributed by atoms with Crippen LogP contribution < -0.4 is 0 Å². The number of nitrogens with zero attached hydrogens (tertiary/aromatic N) is 1. The second kappa shape index (κ2) is 7.15. The summed E-state index contributed by atoms with van der Waals surface area (Å²) in [5.74, 6) is -0.592. The molecule has 7 heteroatoms. The van der Waals surface area contributed by atoms with Gasteiger partial charge >= 0.3 is 5.97 Å². The molecule has 1 aliphatic rings. The number of halogens is 1. The second-order valence-electron chi connectivity index (χ2n) is 5.68. The van der Waals surface area contributed by atoms with E-state index in [2.05, 4.69) is 0 Å². The zero-order valence-electron chi connectivity index (χ0n) is 13.7. The smallest absolute Gasteiger partial charge is 0.329 e. The maximum absolute atomic E-state index is 13.1. The van der Waals surface area contributed by atoms with Gasteiger partial charge < -0.3 is 4.74 Å². The van der Waals surface area contributed by atoms with Crippen LogP contribution in [-0.4, -0.2) is 31.8 Å². The third-order valence-corrected chi connectivity index (χ3v) is 6.27. The van der Waals surface area contributed by atoms with Gasteiger partial charge in [-0.05, 0) is 48.7 Å². The third kappa shape index (κ3) is 3.42. The maximum Gasteiger partial charge on any atom is 0.329 e. The van der Waals surface area contributed by atoms with E-state index in [-0.39, 0.29) is 18.0 Å². The summed E-state index contributed by atoms with van der Waals surface area (Å²) in [6.07, 6.45) is 0.508. The molecular weight excluding hydrogens is 362 g/mol. The Morgan fingerprint density at radius 2 is 1.96 bits per heavy atom. The number of ether oxygens (including phenoxy) is 1. The van der Waals surface area contributed by atoms with Crippen LogP contribution in [0.3, 0.4) is 0 Å². The van der Waals surface area contributed by atoms with Crippen LogP contribution in [0.4, 0.5) is 0 Å².